The largest absolute Gasteiger partial charge is 0.449 e. The number of carbonyl (C=O) groups is 2. The molecule has 0 spiro atoms. The highest BCUT2D eigenvalue weighted by atomic mass is 19.1. The number of nitrogens with zero attached hydrogens (tertiary/aromatic N) is 1. The second-order valence-electron chi connectivity index (χ2n) is 4.35. The van der Waals surface area contributed by atoms with Crippen molar-refractivity contribution in [2.45, 2.75) is 12.8 Å². The van der Waals surface area contributed by atoms with E-state index in [9.17, 15) is 18.4 Å². The van der Waals surface area contributed by atoms with E-state index in [1.807, 2.05) is 0 Å². The van der Waals surface area contributed by atoms with Crippen molar-refractivity contribution >= 4 is 17.7 Å². The van der Waals surface area contributed by atoms with Gasteiger partial charge in [-0.05, 0) is 18.6 Å². The molecule has 1 aliphatic heterocycles. The van der Waals surface area contributed by atoms with Crippen LogP contribution in [-0.2, 0) is 9.53 Å². The van der Waals surface area contributed by atoms with Gasteiger partial charge in [-0.1, -0.05) is 6.07 Å². The lowest BCUT2D eigenvalue weighted by Gasteiger charge is -2.25. The maximum atomic E-state index is 13.3. The number of ether oxygens (including phenoxy) is 1. The van der Waals surface area contributed by atoms with Crippen LogP contribution in [0.15, 0.2) is 18.2 Å². The summed E-state index contributed by atoms with van der Waals surface area (Å²) >= 11 is 0. The van der Waals surface area contributed by atoms with Gasteiger partial charge in [-0.3, -0.25) is 4.79 Å². The van der Waals surface area contributed by atoms with E-state index < -0.39 is 29.3 Å². The summed E-state index contributed by atoms with van der Waals surface area (Å²) in [5.41, 5.74) is -0.473. The highest BCUT2D eigenvalue weighted by Gasteiger charge is 2.20. The maximum Gasteiger partial charge on any atom is 0.409 e. The number of hydrogen-bond donors (Lipinski definition) is 1. The van der Waals surface area contributed by atoms with Crippen LogP contribution >= 0.6 is 0 Å². The molecule has 0 aromatic heterocycles. The molecule has 1 heterocycles. The van der Waals surface area contributed by atoms with Crippen LogP contribution < -0.4 is 5.32 Å². The van der Waals surface area contributed by atoms with E-state index in [1.165, 1.54) is 11.0 Å². The molecule has 0 saturated carbocycles. The number of para-hydroxylation sites is 1. The molecule has 0 radical (unpaired) electrons. The zero-order valence-corrected chi connectivity index (χ0v) is 10.7. The van der Waals surface area contributed by atoms with Crippen molar-refractivity contribution in [2.75, 3.05) is 25.0 Å². The molecule has 0 atom stereocenters. The summed E-state index contributed by atoms with van der Waals surface area (Å²) in [6.07, 6.45) is 0.180. The van der Waals surface area contributed by atoms with Crippen LogP contribution in [0.3, 0.4) is 0 Å². The Kier molecular flexibility index (Phi) is 4.49. The van der Waals surface area contributed by atoms with Gasteiger partial charge in [0.05, 0.1) is 6.61 Å². The highest BCUT2D eigenvalue weighted by Crippen LogP contribution is 2.18. The van der Waals surface area contributed by atoms with Gasteiger partial charge in [0.1, 0.15) is 17.3 Å². The second kappa shape index (κ2) is 6.31. The van der Waals surface area contributed by atoms with Gasteiger partial charge in [0, 0.05) is 19.5 Å². The monoisotopic (exact) mass is 284 g/mol. The topological polar surface area (TPSA) is 58.6 Å². The van der Waals surface area contributed by atoms with E-state index in [0.29, 0.717) is 19.6 Å². The first-order chi connectivity index (χ1) is 9.58. The molecule has 7 heteroatoms. The van der Waals surface area contributed by atoms with Crippen LogP contribution in [0.2, 0.25) is 0 Å². The molecule has 0 unspecified atom stereocenters. The number of nitrogens with one attached hydrogen (secondary N) is 1. The Balaban J connectivity index is 1.88. The summed E-state index contributed by atoms with van der Waals surface area (Å²) in [5, 5.41) is 2.17. The number of cyclic esters (lactones) is 1. The quantitative estimate of drug-likeness (QED) is 0.921. The fourth-order valence-corrected chi connectivity index (χ4v) is 1.86. The van der Waals surface area contributed by atoms with E-state index in [4.69, 9.17) is 4.74 Å². The summed E-state index contributed by atoms with van der Waals surface area (Å²) in [5.74, 6) is -2.24. The van der Waals surface area contributed by atoms with Crippen molar-refractivity contribution in [2.24, 2.45) is 0 Å². The molecular weight excluding hydrogens is 270 g/mol. The number of hydrogen-bond acceptors (Lipinski definition) is 3. The highest BCUT2D eigenvalue weighted by molar-refractivity contribution is 5.91. The summed E-state index contributed by atoms with van der Waals surface area (Å²) < 4.78 is 31.5. The van der Waals surface area contributed by atoms with E-state index in [2.05, 4.69) is 5.32 Å². The molecule has 0 aliphatic carbocycles. The molecule has 1 aromatic rings. The number of halogens is 2. The summed E-state index contributed by atoms with van der Waals surface area (Å²) in [4.78, 5) is 24.4. The van der Waals surface area contributed by atoms with E-state index in [0.717, 1.165) is 12.1 Å². The van der Waals surface area contributed by atoms with Gasteiger partial charge >= 0.3 is 6.09 Å². The van der Waals surface area contributed by atoms with E-state index >= 15 is 0 Å². The van der Waals surface area contributed by atoms with Crippen molar-refractivity contribution in [3.8, 4) is 0 Å². The molecule has 1 aromatic carbocycles. The van der Waals surface area contributed by atoms with Gasteiger partial charge in [0.15, 0.2) is 0 Å². The first-order valence-electron chi connectivity index (χ1n) is 6.23. The molecule has 20 heavy (non-hydrogen) atoms. The molecular formula is C13H14F2N2O3. The Morgan fingerprint density at radius 3 is 2.70 bits per heavy atom. The number of benzene rings is 1. The van der Waals surface area contributed by atoms with Gasteiger partial charge in [0.2, 0.25) is 5.91 Å². The molecule has 108 valence electrons. The van der Waals surface area contributed by atoms with Gasteiger partial charge in [-0.15, -0.1) is 0 Å². The Morgan fingerprint density at radius 1 is 1.35 bits per heavy atom. The molecule has 1 saturated heterocycles. The maximum absolute atomic E-state index is 13.3. The third-order valence-electron chi connectivity index (χ3n) is 2.89. The average Bonchev–Trinajstić information content (AvgIpc) is 2.42. The van der Waals surface area contributed by atoms with Crippen LogP contribution in [0.25, 0.3) is 0 Å². The molecule has 1 N–H and O–H groups in total. The summed E-state index contributed by atoms with van der Waals surface area (Å²) in [7, 11) is 0. The first kappa shape index (κ1) is 14.2. The van der Waals surface area contributed by atoms with E-state index in [1.54, 1.807) is 0 Å². The Labute approximate surface area is 114 Å². The third kappa shape index (κ3) is 3.43. The van der Waals surface area contributed by atoms with Crippen LogP contribution in [0.1, 0.15) is 12.8 Å². The van der Waals surface area contributed by atoms with Gasteiger partial charge in [-0.25, -0.2) is 13.6 Å². The summed E-state index contributed by atoms with van der Waals surface area (Å²) in [6.45, 7) is 1.04. The lowest BCUT2D eigenvalue weighted by atomic mass is 10.2. The van der Waals surface area contributed by atoms with Crippen LogP contribution in [0.5, 0.6) is 0 Å². The smallest absolute Gasteiger partial charge is 0.409 e. The van der Waals surface area contributed by atoms with Crippen molar-refractivity contribution < 1.29 is 23.1 Å². The van der Waals surface area contributed by atoms with Crippen molar-refractivity contribution in [3.63, 3.8) is 0 Å². The second-order valence-corrected chi connectivity index (χ2v) is 4.35. The molecule has 0 bridgehead atoms. The van der Waals surface area contributed by atoms with Crippen molar-refractivity contribution in [1.82, 2.24) is 4.90 Å². The molecule has 1 aliphatic rings. The molecule has 2 rings (SSSR count). The minimum absolute atomic E-state index is 0.0527. The molecule has 2 amide bonds. The third-order valence-corrected chi connectivity index (χ3v) is 2.89. The number of anilines is 1. The minimum Gasteiger partial charge on any atom is -0.449 e. The van der Waals surface area contributed by atoms with Gasteiger partial charge in [-0.2, -0.15) is 0 Å². The predicted octanol–water partition coefficient (Wildman–Crippen LogP) is 2.14. The Hall–Kier alpha value is -2.18. The normalized spacial score (nSPS) is 14.9. The van der Waals surface area contributed by atoms with Gasteiger partial charge in [0.25, 0.3) is 0 Å². The van der Waals surface area contributed by atoms with Crippen LogP contribution in [-0.4, -0.2) is 36.6 Å². The zero-order chi connectivity index (χ0) is 14.5. The van der Waals surface area contributed by atoms with Crippen LogP contribution in [0.4, 0.5) is 19.3 Å². The molecule has 5 nitrogen and oxygen atoms in total. The van der Waals surface area contributed by atoms with Crippen LogP contribution in [0, 0.1) is 11.6 Å². The standard InChI is InChI=1S/C13H14F2N2O3/c14-9-3-1-4-10(15)12(9)16-11(18)5-7-17-6-2-8-20-13(17)19/h1,3-4H,2,5-8H2,(H,16,18). The fraction of sp³-hybridized carbons (Fsp3) is 0.385. The number of amides is 2. The summed E-state index contributed by atoms with van der Waals surface area (Å²) in [6, 6.07) is 3.32. The SMILES string of the molecule is O=C(CCN1CCCOC1=O)Nc1c(F)cccc1F. The lowest BCUT2D eigenvalue weighted by Crippen LogP contribution is -2.39. The predicted molar refractivity (Wildman–Crippen MR) is 67.1 cm³/mol. The van der Waals surface area contributed by atoms with E-state index in [-0.39, 0.29) is 13.0 Å². The number of carbonyl (C=O) groups excluding carboxylic acids is 2. The minimum atomic E-state index is -0.837. The molecule has 1 fully saturated rings. The Morgan fingerprint density at radius 2 is 2.05 bits per heavy atom. The average molecular weight is 284 g/mol. The lowest BCUT2D eigenvalue weighted by molar-refractivity contribution is -0.116. The zero-order valence-electron chi connectivity index (χ0n) is 10.7. The Bertz CT molecular complexity index is 502. The fourth-order valence-electron chi connectivity index (χ4n) is 1.86. The van der Waals surface area contributed by atoms with Crippen molar-refractivity contribution in [3.05, 3.63) is 29.8 Å². The van der Waals surface area contributed by atoms with Gasteiger partial charge < -0.3 is 15.0 Å². The van der Waals surface area contributed by atoms with Crippen molar-refractivity contribution in [1.29, 1.82) is 0 Å². The first-order valence-corrected chi connectivity index (χ1v) is 6.23. The number of rotatable bonds is 4.